The highest BCUT2D eigenvalue weighted by molar-refractivity contribution is 5.55. The maximum Gasteiger partial charge on any atom is 0.257 e. The van der Waals surface area contributed by atoms with Crippen molar-refractivity contribution < 1.29 is 9.63 Å². The van der Waals surface area contributed by atoms with Crippen LogP contribution in [0.25, 0.3) is 11.5 Å². The molecule has 0 bridgehead atoms. The molecule has 1 heterocycles. The average Bonchev–Trinajstić information content (AvgIpc) is 2.78. The third-order valence-electron chi connectivity index (χ3n) is 2.04. The zero-order valence-electron chi connectivity index (χ0n) is 8.42. The number of rotatable bonds is 3. The van der Waals surface area contributed by atoms with E-state index in [0.29, 0.717) is 29.3 Å². The molecule has 1 aromatic carbocycles. The first-order valence-corrected chi connectivity index (χ1v) is 4.77. The highest BCUT2D eigenvalue weighted by Crippen LogP contribution is 2.18. The highest BCUT2D eigenvalue weighted by Gasteiger charge is 2.08. The molecule has 0 saturated heterocycles. The number of benzene rings is 1. The summed E-state index contributed by atoms with van der Waals surface area (Å²) in [5, 5.41) is 21.2. The quantitative estimate of drug-likeness (QED) is 0.830. The normalized spacial score (nSPS) is 10.0. The number of hydrogen-bond acceptors (Lipinski definition) is 5. The minimum Gasteiger partial charge on any atom is -0.396 e. The van der Waals surface area contributed by atoms with Crippen LogP contribution >= 0.6 is 0 Å². The molecule has 0 unspecified atom stereocenters. The first-order valence-electron chi connectivity index (χ1n) is 4.77. The Morgan fingerprint density at radius 1 is 1.44 bits per heavy atom. The predicted octanol–water partition coefficient (Wildman–Crippen LogP) is 1.14. The summed E-state index contributed by atoms with van der Waals surface area (Å²) < 4.78 is 5.02. The van der Waals surface area contributed by atoms with Crippen LogP contribution in [0.2, 0.25) is 0 Å². The van der Waals surface area contributed by atoms with Gasteiger partial charge in [0.2, 0.25) is 0 Å². The molecule has 0 spiro atoms. The molecule has 2 aromatic rings. The number of aliphatic hydroxyl groups excluding tert-OH is 1. The van der Waals surface area contributed by atoms with E-state index in [2.05, 4.69) is 10.1 Å². The fourth-order valence-electron chi connectivity index (χ4n) is 1.29. The van der Waals surface area contributed by atoms with E-state index in [1.54, 1.807) is 24.3 Å². The molecule has 0 fully saturated rings. The SMILES string of the molecule is N#Cc1cccc(-c2nc(CCO)no2)c1. The minimum absolute atomic E-state index is 0.0167. The van der Waals surface area contributed by atoms with E-state index in [4.69, 9.17) is 14.9 Å². The molecular weight excluding hydrogens is 206 g/mol. The van der Waals surface area contributed by atoms with Crippen LogP contribution in [0.1, 0.15) is 11.4 Å². The molecule has 0 amide bonds. The van der Waals surface area contributed by atoms with Crippen molar-refractivity contribution in [2.45, 2.75) is 6.42 Å². The van der Waals surface area contributed by atoms with Gasteiger partial charge in [-0.05, 0) is 18.2 Å². The second-order valence-corrected chi connectivity index (χ2v) is 3.18. The van der Waals surface area contributed by atoms with Crippen molar-refractivity contribution in [3.05, 3.63) is 35.7 Å². The van der Waals surface area contributed by atoms with Crippen molar-refractivity contribution in [2.75, 3.05) is 6.61 Å². The first kappa shape index (κ1) is 10.3. The molecule has 16 heavy (non-hydrogen) atoms. The van der Waals surface area contributed by atoms with Gasteiger partial charge in [0, 0.05) is 12.0 Å². The Bertz CT molecular complexity index is 528. The summed E-state index contributed by atoms with van der Waals surface area (Å²) in [5.41, 5.74) is 1.25. The minimum atomic E-state index is -0.0167. The lowest BCUT2D eigenvalue weighted by molar-refractivity contribution is 0.293. The van der Waals surface area contributed by atoms with Gasteiger partial charge in [-0.1, -0.05) is 11.2 Å². The molecule has 0 aliphatic carbocycles. The average molecular weight is 215 g/mol. The molecular formula is C11H9N3O2. The van der Waals surface area contributed by atoms with Crippen molar-refractivity contribution in [2.24, 2.45) is 0 Å². The lowest BCUT2D eigenvalue weighted by Gasteiger charge is -1.93. The van der Waals surface area contributed by atoms with Crippen LogP contribution in [0.15, 0.2) is 28.8 Å². The van der Waals surface area contributed by atoms with Crippen molar-refractivity contribution in [1.29, 1.82) is 5.26 Å². The molecule has 0 radical (unpaired) electrons. The Morgan fingerprint density at radius 2 is 2.31 bits per heavy atom. The summed E-state index contributed by atoms with van der Waals surface area (Å²) in [6.45, 7) is -0.0167. The Hall–Kier alpha value is -2.19. The van der Waals surface area contributed by atoms with Gasteiger partial charge in [0.05, 0.1) is 18.2 Å². The van der Waals surface area contributed by atoms with E-state index in [-0.39, 0.29) is 6.61 Å². The number of aliphatic hydroxyl groups is 1. The first-order chi connectivity index (χ1) is 7.83. The smallest absolute Gasteiger partial charge is 0.257 e. The monoisotopic (exact) mass is 215 g/mol. The summed E-state index contributed by atoms with van der Waals surface area (Å²) >= 11 is 0. The summed E-state index contributed by atoms with van der Waals surface area (Å²) in [5.74, 6) is 0.820. The van der Waals surface area contributed by atoms with Crippen molar-refractivity contribution in [3.8, 4) is 17.5 Å². The van der Waals surface area contributed by atoms with Gasteiger partial charge in [0.15, 0.2) is 5.82 Å². The molecule has 1 aromatic heterocycles. The lowest BCUT2D eigenvalue weighted by Crippen LogP contribution is -1.92. The van der Waals surface area contributed by atoms with E-state index < -0.39 is 0 Å². The summed E-state index contributed by atoms with van der Waals surface area (Å²) in [6.07, 6.45) is 0.363. The molecule has 0 aliphatic heterocycles. The summed E-state index contributed by atoms with van der Waals surface area (Å²) in [6, 6.07) is 8.96. The van der Waals surface area contributed by atoms with Gasteiger partial charge < -0.3 is 9.63 Å². The molecule has 1 N–H and O–H groups in total. The van der Waals surface area contributed by atoms with Crippen molar-refractivity contribution in [3.63, 3.8) is 0 Å². The van der Waals surface area contributed by atoms with Crippen molar-refractivity contribution in [1.82, 2.24) is 10.1 Å². The van der Waals surface area contributed by atoms with Gasteiger partial charge in [-0.3, -0.25) is 0 Å². The van der Waals surface area contributed by atoms with Crippen molar-refractivity contribution >= 4 is 0 Å². The lowest BCUT2D eigenvalue weighted by atomic mass is 10.1. The van der Waals surface area contributed by atoms with E-state index in [1.165, 1.54) is 0 Å². The Kier molecular flexibility index (Phi) is 2.94. The zero-order chi connectivity index (χ0) is 11.4. The summed E-state index contributed by atoms with van der Waals surface area (Å²) in [4.78, 5) is 4.10. The largest absolute Gasteiger partial charge is 0.396 e. The molecule has 5 heteroatoms. The Labute approximate surface area is 92.0 Å². The van der Waals surface area contributed by atoms with Gasteiger partial charge in [0.1, 0.15) is 0 Å². The molecule has 2 rings (SSSR count). The standard InChI is InChI=1S/C11H9N3O2/c12-7-8-2-1-3-9(6-8)11-13-10(4-5-15)14-16-11/h1-3,6,15H,4-5H2. The van der Waals surface area contributed by atoms with Crippen LogP contribution < -0.4 is 0 Å². The van der Waals surface area contributed by atoms with E-state index >= 15 is 0 Å². The van der Waals surface area contributed by atoms with Crippen LogP contribution in [-0.2, 0) is 6.42 Å². The number of hydrogen-bond donors (Lipinski definition) is 1. The molecule has 5 nitrogen and oxygen atoms in total. The van der Waals surface area contributed by atoms with E-state index in [9.17, 15) is 0 Å². The molecule has 0 atom stereocenters. The van der Waals surface area contributed by atoms with Crippen LogP contribution in [-0.4, -0.2) is 21.9 Å². The Morgan fingerprint density at radius 3 is 3.06 bits per heavy atom. The maximum atomic E-state index is 8.75. The number of nitriles is 1. The fourth-order valence-corrected chi connectivity index (χ4v) is 1.29. The predicted molar refractivity (Wildman–Crippen MR) is 55.2 cm³/mol. The third kappa shape index (κ3) is 2.07. The van der Waals surface area contributed by atoms with E-state index in [1.807, 2.05) is 6.07 Å². The Balaban J connectivity index is 2.32. The highest BCUT2D eigenvalue weighted by atomic mass is 16.5. The van der Waals surface area contributed by atoms with Gasteiger partial charge >= 0.3 is 0 Å². The third-order valence-corrected chi connectivity index (χ3v) is 2.04. The zero-order valence-corrected chi connectivity index (χ0v) is 8.42. The second-order valence-electron chi connectivity index (χ2n) is 3.18. The topological polar surface area (TPSA) is 82.9 Å². The molecule has 80 valence electrons. The number of aromatic nitrogens is 2. The van der Waals surface area contributed by atoms with Gasteiger partial charge in [0.25, 0.3) is 5.89 Å². The van der Waals surface area contributed by atoms with E-state index in [0.717, 1.165) is 0 Å². The molecule has 0 saturated carbocycles. The maximum absolute atomic E-state index is 8.75. The van der Waals surface area contributed by atoms with Crippen LogP contribution in [0, 0.1) is 11.3 Å². The fraction of sp³-hybridized carbons (Fsp3) is 0.182. The molecule has 0 aliphatic rings. The second kappa shape index (κ2) is 4.55. The van der Waals surface area contributed by atoms with Crippen LogP contribution in [0.4, 0.5) is 0 Å². The van der Waals surface area contributed by atoms with Crippen LogP contribution in [0.3, 0.4) is 0 Å². The number of nitrogens with zero attached hydrogens (tertiary/aromatic N) is 3. The van der Waals surface area contributed by atoms with Gasteiger partial charge in [-0.25, -0.2) is 0 Å². The summed E-state index contributed by atoms with van der Waals surface area (Å²) in [7, 11) is 0. The van der Waals surface area contributed by atoms with Crippen LogP contribution in [0.5, 0.6) is 0 Å². The van der Waals surface area contributed by atoms with Gasteiger partial charge in [-0.2, -0.15) is 10.2 Å². The van der Waals surface area contributed by atoms with Gasteiger partial charge in [-0.15, -0.1) is 0 Å².